The zero-order valence-corrected chi connectivity index (χ0v) is 14.8. The third-order valence-corrected chi connectivity index (χ3v) is 4.92. The Balaban J connectivity index is 1.94. The van der Waals surface area contributed by atoms with Crippen molar-refractivity contribution in [1.82, 2.24) is 0 Å². The zero-order chi connectivity index (χ0) is 19.9. The average molecular weight is 394 g/mol. The van der Waals surface area contributed by atoms with Crippen molar-refractivity contribution >= 4 is 44.3 Å². The summed E-state index contributed by atoms with van der Waals surface area (Å²) in [6.07, 6.45) is 0. The normalized spacial score (nSPS) is 10.8. The van der Waals surface area contributed by atoms with Crippen LogP contribution in [0.15, 0.2) is 39.5 Å². The molecule has 1 N–H and O–H groups in total. The standard InChI is InChI=1S/C17H12F2N2O5S/c1-20(10-4-8(18)3-9(19)5-10)17(25)21(2)14-7-12-13(27-14)6-11(15(22)23)16(24)26-12/h3-7H,1-2H3,(H,22,23). The largest absolute Gasteiger partial charge is 0.477 e. The minimum Gasteiger partial charge on any atom is -0.477 e. The van der Waals surface area contributed by atoms with Crippen molar-refractivity contribution in [2.75, 3.05) is 23.9 Å². The Labute approximate surface area is 154 Å². The first-order chi connectivity index (χ1) is 12.7. The maximum absolute atomic E-state index is 13.4. The van der Waals surface area contributed by atoms with Gasteiger partial charge in [0.1, 0.15) is 22.2 Å². The van der Waals surface area contributed by atoms with Gasteiger partial charge in [-0.15, -0.1) is 11.3 Å². The molecule has 2 heterocycles. The quantitative estimate of drug-likeness (QED) is 0.734. The molecule has 0 atom stereocenters. The van der Waals surface area contributed by atoms with E-state index in [0.717, 1.165) is 28.4 Å². The fraction of sp³-hybridized carbons (Fsp3) is 0.118. The molecule has 10 heteroatoms. The lowest BCUT2D eigenvalue weighted by Gasteiger charge is -2.23. The van der Waals surface area contributed by atoms with Gasteiger partial charge in [0.25, 0.3) is 0 Å². The molecule has 0 aliphatic heterocycles. The number of carboxylic acids is 1. The molecule has 0 saturated carbocycles. The van der Waals surface area contributed by atoms with Crippen LogP contribution in [0, 0.1) is 11.6 Å². The number of thiophene rings is 1. The third-order valence-electron chi connectivity index (χ3n) is 3.78. The monoisotopic (exact) mass is 394 g/mol. The second kappa shape index (κ2) is 6.80. The van der Waals surface area contributed by atoms with Crippen LogP contribution in [-0.2, 0) is 0 Å². The Kier molecular flexibility index (Phi) is 4.66. The lowest BCUT2D eigenvalue weighted by Crippen LogP contribution is -2.38. The summed E-state index contributed by atoms with van der Waals surface area (Å²) in [5, 5.41) is 9.34. The molecule has 0 bridgehead atoms. The number of hydrogen-bond donors (Lipinski definition) is 1. The van der Waals surface area contributed by atoms with Crippen LogP contribution in [0.1, 0.15) is 10.4 Å². The zero-order valence-electron chi connectivity index (χ0n) is 14.0. The molecule has 0 radical (unpaired) electrons. The Bertz CT molecular complexity index is 1100. The summed E-state index contributed by atoms with van der Waals surface area (Å²) in [6, 6.07) is 4.69. The number of urea groups is 1. The van der Waals surface area contributed by atoms with Gasteiger partial charge in [0.15, 0.2) is 5.58 Å². The number of benzene rings is 1. The van der Waals surface area contributed by atoms with E-state index in [4.69, 9.17) is 9.52 Å². The molecular formula is C17H12F2N2O5S. The van der Waals surface area contributed by atoms with Crippen molar-refractivity contribution in [2.24, 2.45) is 0 Å². The van der Waals surface area contributed by atoms with Crippen LogP contribution in [0.25, 0.3) is 10.3 Å². The number of carboxylic acid groups (broad SMARTS) is 1. The SMILES string of the molecule is CN(C(=O)N(C)c1cc2oc(=O)c(C(=O)O)cc2s1)c1cc(F)cc(F)c1. The lowest BCUT2D eigenvalue weighted by atomic mass is 10.3. The Morgan fingerprint density at radius 2 is 1.67 bits per heavy atom. The molecule has 0 saturated heterocycles. The van der Waals surface area contributed by atoms with Gasteiger partial charge in [0.05, 0.1) is 10.4 Å². The smallest absolute Gasteiger partial charge is 0.351 e. The number of amides is 2. The second-order valence-corrected chi connectivity index (χ2v) is 6.66. The van der Waals surface area contributed by atoms with E-state index in [9.17, 15) is 23.2 Å². The van der Waals surface area contributed by atoms with E-state index in [1.165, 1.54) is 31.1 Å². The maximum atomic E-state index is 13.4. The van der Waals surface area contributed by atoms with Gasteiger partial charge in [0.2, 0.25) is 0 Å². The summed E-state index contributed by atoms with van der Waals surface area (Å²) in [5.74, 6) is -3.06. The highest BCUT2D eigenvalue weighted by Gasteiger charge is 2.22. The lowest BCUT2D eigenvalue weighted by molar-refractivity contribution is 0.0692. The molecule has 3 aromatic rings. The maximum Gasteiger partial charge on any atom is 0.351 e. The summed E-state index contributed by atoms with van der Waals surface area (Å²) in [7, 11) is 2.78. The summed E-state index contributed by atoms with van der Waals surface area (Å²) in [5.41, 5.74) is -1.37. The molecule has 0 unspecified atom stereocenters. The Morgan fingerprint density at radius 1 is 1.04 bits per heavy atom. The van der Waals surface area contributed by atoms with Crippen molar-refractivity contribution in [3.05, 3.63) is 57.9 Å². The molecule has 1 aromatic carbocycles. The highest BCUT2D eigenvalue weighted by Crippen LogP contribution is 2.32. The highest BCUT2D eigenvalue weighted by atomic mass is 32.1. The van der Waals surface area contributed by atoms with Gasteiger partial charge in [-0.25, -0.2) is 23.2 Å². The second-order valence-electron chi connectivity index (χ2n) is 5.59. The van der Waals surface area contributed by atoms with Crippen molar-refractivity contribution in [2.45, 2.75) is 0 Å². The van der Waals surface area contributed by atoms with Crippen LogP contribution in [0.5, 0.6) is 0 Å². The molecule has 7 nitrogen and oxygen atoms in total. The van der Waals surface area contributed by atoms with E-state index >= 15 is 0 Å². The molecule has 0 aliphatic rings. The number of hydrogen-bond acceptors (Lipinski definition) is 5. The molecule has 2 aromatic heterocycles. The Hall–Kier alpha value is -3.27. The van der Waals surface area contributed by atoms with Crippen molar-refractivity contribution in [1.29, 1.82) is 0 Å². The first-order valence-corrected chi connectivity index (χ1v) is 8.27. The number of carbonyl (C=O) groups is 2. The van der Waals surface area contributed by atoms with Crippen LogP contribution >= 0.6 is 11.3 Å². The molecule has 140 valence electrons. The number of fused-ring (bicyclic) bond motifs is 1. The predicted molar refractivity (Wildman–Crippen MR) is 95.9 cm³/mol. The van der Waals surface area contributed by atoms with E-state index in [-0.39, 0.29) is 11.3 Å². The van der Waals surface area contributed by atoms with Gasteiger partial charge in [-0.05, 0) is 18.2 Å². The highest BCUT2D eigenvalue weighted by molar-refractivity contribution is 7.22. The summed E-state index contributed by atoms with van der Waals surface area (Å²) in [4.78, 5) is 37.5. The molecule has 0 aliphatic carbocycles. The number of rotatable bonds is 3. The minimum absolute atomic E-state index is 0.0187. The first kappa shape index (κ1) is 18.5. The van der Waals surface area contributed by atoms with E-state index in [1.807, 2.05) is 0 Å². The van der Waals surface area contributed by atoms with Crippen LogP contribution in [0.3, 0.4) is 0 Å². The fourth-order valence-electron chi connectivity index (χ4n) is 2.38. The fourth-order valence-corrected chi connectivity index (χ4v) is 3.36. The van der Waals surface area contributed by atoms with Crippen molar-refractivity contribution in [3.8, 4) is 0 Å². The topological polar surface area (TPSA) is 91.1 Å². The Morgan fingerprint density at radius 3 is 2.26 bits per heavy atom. The summed E-state index contributed by atoms with van der Waals surface area (Å²) in [6.45, 7) is 0. The molecule has 0 fully saturated rings. The van der Waals surface area contributed by atoms with Crippen molar-refractivity contribution < 1.29 is 27.9 Å². The number of anilines is 2. The van der Waals surface area contributed by atoms with Gasteiger partial charge in [-0.1, -0.05) is 0 Å². The average Bonchev–Trinajstić information content (AvgIpc) is 3.00. The van der Waals surface area contributed by atoms with Gasteiger partial charge in [-0.2, -0.15) is 0 Å². The van der Waals surface area contributed by atoms with Crippen LogP contribution in [0.4, 0.5) is 24.3 Å². The number of carbonyl (C=O) groups excluding carboxylic acids is 1. The van der Waals surface area contributed by atoms with Crippen LogP contribution < -0.4 is 15.4 Å². The van der Waals surface area contributed by atoms with Crippen LogP contribution in [0.2, 0.25) is 0 Å². The number of nitrogens with zero attached hydrogens (tertiary/aromatic N) is 2. The van der Waals surface area contributed by atoms with Gasteiger partial charge < -0.3 is 9.52 Å². The van der Waals surface area contributed by atoms with Crippen LogP contribution in [-0.4, -0.2) is 31.2 Å². The minimum atomic E-state index is -1.42. The first-order valence-electron chi connectivity index (χ1n) is 7.46. The van der Waals surface area contributed by atoms with Gasteiger partial charge in [-0.3, -0.25) is 9.80 Å². The third kappa shape index (κ3) is 3.51. The number of halogens is 2. The van der Waals surface area contributed by atoms with E-state index in [2.05, 4.69) is 0 Å². The van der Waals surface area contributed by atoms with Gasteiger partial charge >= 0.3 is 17.6 Å². The molecule has 0 spiro atoms. The number of aromatic carboxylic acids is 1. The van der Waals surface area contributed by atoms with E-state index < -0.39 is 34.8 Å². The summed E-state index contributed by atoms with van der Waals surface area (Å²) >= 11 is 1.03. The van der Waals surface area contributed by atoms with E-state index in [1.54, 1.807) is 0 Å². The van der Waals surface area contributed by atoms with Gasteiger partial charge in [0, 0.05) is 26.2 Å². The van der Waals surface area contributed by atoms with Crippen molar-refractivity contribution in [3.63, 3.8) is 0 Å². The molecular weight excluding hydrogens is 382 g/mol. The van der Waals surface area contributed by atoms with E-state index in [0.29, 0.717) is 15.8 Å². The summed E-state index contributed by atoms with van der Waals surface area (Å²) < 4.78 is 32.1. The molecule has 2 amide bonds. The molecule has 27 heavy (non-hydrogen) atoms. The molecule has 3 rings (SSSR count). The predicted octanol–water partition coefficient (Wildman–Crippen LogP) is 3.52.